The number of hydrogen-bond acceptors (Lipinski definition) is 3. The Morgan fingerprint density at radius 2 is 1.90 bits per heavy atom. The number of benzene rings is 2. The van der Waals surface area contributed by atoms with Crippen LogP contribution < -0.4 is 11.1 Å². The predicted octanol–water partition coefficient (Wildman–Crippen LogP) is 3.79. The maximum absolute atomic E-state index is 11.2. The van der Waals surface area contributed by atoms with E-state index in [-0.39, 0.29) is 11.6 Å². The van der Waals surface area contributed by atoms with Crippen LogP contribution in [0.3, 0.4) is 0 Å². The van der Waals surface area contributed by atoms with Gasteiger partial charge in [0, 0.05) is 22.4 Å². The van der Waals surface area contributed by atoms with E-state index in [1.165, 1.54) is 6.07 Å². The zero-order chi connectivity index (χ0) is 14.7. The van der Waals surface area contributed by atoms with E-state index in [0.717, 1.165) is 5.56 Å². The Hall–Kier alpha value is -2.20. The molecule has 0 heterocycles. The van der Waals surface area contributed by atoms with Gasteiger partial charge in [0.15, 0.2) is 0 Å². The third kappa shape index (κ3) is 3.22. The summed E-state index contributed by atoms with van der Waals surface area (Å²) in [4.78, 5) is 11.2. The van der Waals surface area contributed by atoms with E-state index in [1.807, 2.05) is 19.1 Å². The second-order valence-electron chi connectivity index (χ2n) is 4.53. The van der Waals surface area contributed by atoms with Gasteiger partial charge >= 0.3 is 5.97 Å². The van der Waals surface area contributed by atoms with E-state index in [2.05, 4.69) is 5.32 Å². The van der Waals surface area contributed by atoms with Crippen LogP contribution in [0.15, 0.2) is 42.5 Å². The molecule has 0 aliphatic carbocycles. The number of aromatic carboxylic acids is 1. The van der Waals surface area contributed by atoms with Crippen molar-refractivity contribution in [3.63, 3.8) is 0 Å². The molecule has 0 aliphatic heterocycles. The molecule has 0 saturated carbocycles. The van der Waals surface area contributed by atoms with Gasteiger partial charge in [-0.2, -0.15) is 0 Å². The number of halogens is 1. The molecule has 0 bridgehead atoms. The minimum absolute atomic E-state index is 0.0472. The van der Waals surface area contributed by atoms with Gasteiger partial charge in [-0.3, -0.25) is 0 Å². The lowest BCUT2D eigenvalue weighted by molar-refractivity contribution is 0.0698. The van der Waals surface area contributed by atoms with E-state index >= 15 is 0 Å². The molecule has 0 amide bonds. The topological polar surface area (TPSA) is 75.3 Å². The highest BCUT2D eigenvalue weighted by Gasteiger charge is 2.13. The van der Waals surface area contributed by atoms with Crippen LogP contribution in [-0.2, 0) is 0 Å². The molecular weight excluding hydrogens is 276 g/mol. The smallest absolute Gasteiger partial charge is 0.337 e. The van der Waals surface area contributed by atoms with E-state index in [0.29, 0.717) is 16.4 Å². The van der Waals surface area contributed by atoms with Gasteiger partial charge in [-0.05, 0) is 42.8 Å². The van der Waals surface area contributed by atoms with Crippen LogP contribution in [0.2, 0.25) is 5.02 Å². The molecule has 0 saturated heterocycles. The van der Waals surface area contributed by atoms with E-state index in [9.17, 15) is 9.90 Å². The summed E-state index contributed by atoms with van der Waals surface area (Å²) in [6.45, 7) is 1.95. The lowest BCUT2D eigenvalue weighted by Gasteiger charge is -2.17. The monoisotopic (exact) mass is 290 g/mol. The standard InChI is InChI=1S/C15H15ClN2O2/c1-9(10-2-4-11(16)5-3-10)18-14-7-6-12(17)8-13(14)15(19)20/h2-9,18H,17H2,1H3,(H,19,20). The Bertz CT molecular complexity index is 626. The summed E-state index contributed by atoms with van der Waals surface area (Å²) in [7, 11) is 0. The molecule has 4 nitrogen and oxygen atoms in total. The summed E-state index contributed by atoms with van der Waals surface area (Å²) in [6.07, 6.45) is 0. The number of rotatable bonds is 4. The van der Waals surface area contributed by atoms with Gasteiger partial charge < -0.3 is 16.2 Å². The molecule has 4 N–H and O–H groups in total. The number of carbonyl (C=O) groups is 1. The summed E-state index contributed by atoms with van der Waals surface area (Å²) in [5.74, 6) is -1.01. The van der Waals surface area contributed by atoms with Crippen molar-refractivity contribution < 1.29 is 9.90 Å². The first-order valence-electron chi connectivity index (χ1n) is 6.12. The average molecular weight is 291 g/mol. The van der Waals surface area contributed by atoms with E-state index in [4.69, 9.17) is 17.3 Å². The van der Waals surface area contributed by atoms with Crippen LogP contribution in [-0.4, -0.2) is 11.1 Å². The lowest BCUT2D eigenvalue weighted by atomic mass is 10.1. The first-order valence-corrected chi connectivity index (χ1v) is 6.50. The van der Waals surface area contributed by atoms with Crippen LogP contribution in [0.4, 0.5) is 11.4 Å². The zero-order valence-corrected chi connectivity index (χ0v) is 11.7. The second kappa shape index (κ2) is 5.84. The SMILES string of the molecule is CC(Nc1ccc(N)cc1C(=O)O)c1ccc(Cl)cc1. The van der Waals surface area contributed by atoms with Crippen molar-refractivity contribution in [1.29, 1.82) is 0 Å². The Labute approximate surface area is 122 Å². The number of carboxylic acids is 1. The largest absolute Gasteiger partial charge is 0.478 e. The highest BCUT2D eigenvalue weighted by atomic mass is 35.5. The van der Waals surface area contributed by atoms with Crippen molar-refractivity contribution in [3.05, 3.63) is 58.6 Å². The molecule has 2 aromatic carbocycles. The molecule has 0 fully saturated rings. The number of anilines is 2. The molecule has 2 rings (SSSR count). The van der Waals surface area contributed by atoms with E-state index < -0.39 is 5.97 Å². The van der Waals surface area contributed by atoms with Crippen molar-refractivity contribution >= 4 is 28.9 Å². The van der Waals surface area contributed by atoms with Crippen molar-refractivity contribution in [2.75, 3.05) is 11.1 Å². The minimum atomic E-state index is -1.01. The highest BCUT2D eigenvalue weighted by Crippen LogP contribution is 2.25. The third-order valence-electron chi connectivity index (χ3n) is 3.02. The molecule has 1 unspecified atom stereocenters. The summed E-state index contributed by atoms with van der Waals surface area (Å²) < 4.78 is 0. The molecule has 5 heteroatoms. The maximum Gasteiger partial charge on any atom is 0.337 e. The lowest BCUT2D eigenvalue weighted by Crippen LogP contribution is -2.11. The highest BCUT2D eigenvalue weighted by molar-refractivity contribution is 6.30. The van der Waals surface area contributed by atoms with Gasteiger partial charge in [0.25, 0.3) is 0 Å². The number of hydrogen-bond donors (Lipinski definition) is 3. The summed E-state index contributed by atoms with van der Waals surface area (Å²) in [5.41, 5.74) is 7.75. The normalized spacial score (nSPS) is 11.9. The Morgan fingerprint density at radius 3 is 2.50 bits per heavy atom. The molecule has 1 atom stereocenters. The number of carboxylic acid groups (broad SMARTS) is 1. The predicted molar refractivity (Wildman–Crippen MR) is 81.3 cm³/mol. The van der Waals surface area contributed by atoms with Crippen LogP contribution in [0, 0.1) is 0 Å². The number of nitrogens with two attached hydrogens (primary N) is 1. The zero-order valence-electron chi connectivity index (χ0n) is 10.9. The summed E-state index contributed by atoms with van der Waals surface area (Å²) in [6, 6.07) is 12.1. The molecule has 0 aliphatic rings. The van der Waals surface area contributed by atoms with Crippen LogP contribution in [0.5, 0.6) is 0 Å². The van der Waals surface area contributed by atoms with Gasteiger partial charge in [0.1, 0.15) is 0 Å². The van der Waals surface area contributed by atoms with Gasteiger partial charge in [-0.25, -0.2) is 4.79 Å². The molecule has 0 aromatic heterocycles. The number of nitrogen functional groups attached to an aromatic ring is 1. The second-order valence-corrected chi connectivity index (χ2v) is 4.96. The van der Waals surface area contributed by atoms with Gasteiger partial charge in [-0.15, -0.1) is 0 Å². The van der Waals surface area contributed by atoms with Crippen molar-refractivity contribution in [1.82, 2.24) is 0 Å². The summed E-state index contributed by atoms with van der Waals surface area (Å²) in [5, 5.41) is 13.0. The fraction of sp³-hybridized carbons (Fsp3) is 0.133. The Kier molecular flexibility index (Phi) is 4.15. The van der Waals surface area contributed by atoms with Gasteiger partial charge in [0.05, 0.1) is 5.56 Å². The molecule has 20 heavy (non-hydrogen) atoms. The quantitative estimate of drug-likeness (QED) is 0.749. The van der Waals surface area contributed by atoms with Crippen molar-refractivity contribution in [2.45, 2.75) is 13.0 Å². The summed E-state index contributed by atoms with van der Waals surface area (Å²) >= 11 is 5.85. The van der Waals surface area contributed by atoms with Crippen LogP contribution in [0.25, 0.3) is 0 Å². The fourth-order valence-electron chi connectivity index (χ4n) is 1.93. The van der Waals surface area contributed by atoms with Crippen molar-refractivity contribution in [3.8, 4) is 0 Å². The first-order chi connectivity index (χ1) is 9.47. The minimum Gasteiger partial charge on any atom is -0.478 e. The molecule has 2 aromatic rings. The van der Waals surface area contributed by atoms with Crippen LogP contribution >= 0.6 is 11.6 Å². The van der Waals surface area contributed by atoms with Crippen LogP contribution in [0.1, 0.15) is 28.9 Å². The first kappa shape index (κ1) is 14.2. The van der Waals surface area contributed by atoms with Crippen molar-refractivity contribution in [2.24, 2.45) is 0 Å². The maximum atomic E-state index is 11.2. The molecule has 0 spiro atoms. The average Bonchev–Trinajstić information content (AvgIpc) is 2.41. The molecule has 0 radical (unpaired) electrons. The Balaban J connectivity index is 2.25. The van der Waals surface area contributed by atoms with Gasteiger partial charge in [0.2, 0.25) is 0 Å². The fourth-order valence-corrected chi connectivity index (χ4v) is 2.06. The third-order valence-corrected chi connectivity index (χ3v) is 3.27. The molecule has 104 valence electrons. The van der Waals surface area contributed by atoms with Gasteiger partial charge in [-0.1, -0.05) is 23.7 Å². The Morgan fingerprint density at radius 1 is 1.25 bits per heavy atom. The van der Waals surface area contributed by atoms with E-state index in [1.54, 1.807) is 24.3 Å². The number of nitrogens with one attached hydrogen (secondary N) is 1. The molecular formula is C15H15ClN2O2.